The lowest BCUT2D eigenvalue weighted by Gasteiger charge is -2.32. The largest absolute Gasteiger partial charge is 0.352 e. The third kappa shape index (κ3) is 7.51. The maximum atomic E-state index is 14.7. The fourth-order valence-electron chi connectivity index (χ4n) is 4.25. The Labute approximate surface area is 208 Å². The number of nitrogens with zero attached hydrogens (tertiary/aromatic N) is 1. The van der Waals surface area contributed by atoms with E-state index in [2.05, 4.69) is 11.4 Å². The number of hydrogen-bond donors (Lipinski definition) is 1. The number of amides is 2. The van der Waals surface area contributed by atoms with Gasteiger partial charge in [0.15, 0.2) is 0 Å². The highest BCUT2D eigenvalue weighted by Crippen LogP contribution is 2.19. The molecule has 2 atom stereocenters. The van der Waals surface area contributed by atoms with Gasteiger partial charge in [0.2, 0.25) is 11.8 Å². The van der Waals surface area contributed by atoms with Crippen molar-refractivity contribution in [1.82, 2.24) is 10.2 Å². The molecule has 0 aliphatic carbocycles. The van der Waals surface area contributed by atoms with E-state index in [0.29, 0.717) is 12.0 Å². The summed E-state index contributed by atoms with van der Waals surface area (Å²) in [5.74, 6) is -0.829. The molecule has 3 aromatic carbocycles. The first-order valence-corrected chi connectivity index (χ1v) is 12.2. The van der Waals surface area contributed by atoms with E-state index in [1.54, 1.807) is 23.1 Å². The van der Waals surface area contributed by atoms with Crippen molar-refractivity contribution < 1.29 is 14.0 Å². The van der Waals surface area contributed by atoms with Gasteiger partial charge in [-0.05, 0) is 44.4 Å². The van der Waals surface area contributed by atoms with Gasteiger partial charge in [-0.25, -0.2) is 4.39 Å². The predicted molar refractivity (Wildman–Crippen MR) is 138 cm³/mol. The van der Waals surface area contributed by atoms with Crippen LogP contribution in [0, 0.1) is 19.7 Å². The van der Waals surface area contributed by atoms with Gasteiger partial charge in [0.1, 0.15) is 11.9 Å². The maximum absolute atomic E-state index is 14.7. The van der Waals surface area contributed by atoms with Crippen LogP contribution >= 0.6 is 0 Å². The molecule has 2 unspecified atom stereocenters. The van der Waals surface area contributed by atoms with Crippen LogP contribution in [-0.2, 0) is 29.0 Å². The van der Waals surface area contributed by atoms with Gasteiger partial charge in [0.25, 0.3) is 0 Å². The highest BCUT2D eigenvalue weighted by molar-refractivity contribution is 5.89. The number of carbonyl (C=O) groups is 2. The zero-order chi connectivity index (χ0) is 25.4. The van der Waals surface area contributed by atoms with Gasteiger partial charge in [-0.15, -0.1) is 0 Å². The molecule has 35 heavy (non-hydrogen) atoms. The summed E-state index contributed by atoms with van der Waals surface area (Å²) >= 11 is 0. The van der Waals surface area contributed by atoms with Crippen LogP contribution in [0.1, 0.15) is 48.1 Å². The summed E-state index contributed by atoms with van der Waals surface area (Å²) in [6.45, 7) is 7.95. The van der Waals surface area contributed by atoms with Crippen LogP contribution in [0.15, 0.2) is 72.8 Å². The monoisotopic (exact) mass is 474 g/mol. The van der Waals surface area contributed by atoms with Gasteiger partial charge < -0.3 is 10.2 Å². The molecule has 0 aromatic heterocycles. The Morgan fingerprint density at radius 2 is 1.54 bits per heavy atom. The average molecular weight is 475 g/mol. The first-order valence-electron chi connectivity index (χ1n) is 12.2. The summed E-state index contributed by atoms with van der Waals surface area (Å²) in [7, 11) is 0. The summed E-state index contributed by atoms with van der Waals surface area (Å²) in [5.41, 5.74) is 4.35. The Kier molecular flexibility index (Phi) is 9.18. The van der Waals surface area contributed by atoms with Gasteiger partial charge in [-0.2, -0.15) is 0 Å². The first-order chi connectivity index (χ1) is 16.8. The Bertz CT molecular complexity index is 1130. The van der Waals surface area contributed by atoms with Crippen LogP contribution in [0.5, 0.6) is 0 Å². The second kappa shape index (κ2) is 12.3. The minimum atomic E-state index is -0.774. The molecule has 0 radical (unpaired) electrons. The standard InChI is InChI=1S/C30H35FN2O2/c1-5-23(4)32-30(35)28(18-24-11-7-6-8-12-24)33(20-26-13-9-10-14-27(26)31)29(34)19-25-16-21(2)15-22(3)17-25/h6-17,23,28H,5,18-20H2,1-4H3,(H,32,35). The normalized spacial score (nSPS) is 12.6. The summed E-state index contributed by atoms with van der Waals surface area (Å²) in [6, 6.07) is 21.3. The van der Waals surface area contributed by atoms with Crippen LogP contribution < -0.4 is 5.32 Å². The molecule has 0 saturated carbocycles. The molecule has 0 fully saturated rings. The minimum absolute atomic E-state index is 0.0156. The van der Waals surface area contributed by atoms with Crippen LogP contribution in [0.2, 0.25) is 0 Å². The number of rotatable bonds is 10. The van der Waals surface area contributed by atoms with Crippen molar-refractivity contribution in [1.29, 1.82) is 0 Å². The van der Waals surface area contributed by atoms with Crippen molar-refractivity contribution in [2.75, 3.05) is 0 Å². The third-order valence-electron chi connectivity index (χ3n) is 6.21. The smallest absolute Gasteiger partial charge is 0.243 e. The first kappa shape index (κ1) is 26.1. The van der Waals surface area contributed by atoms with E-state index in [1.807, 2.05) is 70.2 Å². The minimum Gasteiger partial charge on any atom is -0.352 e. The molecule has 4 nitrogen and oxygen atoms in total. The van der Waals surface area contributed by atoms with Crippen molar-refractivity contribution in [3.63, 3.8) is 0 Å². The zero-order valence-electron chi connectivity index (χ0n) is 21.1. The number of benzene rings is 3. The van der Waals surface area contributed by atoms with Crippen molar-refractivity contribution in [3.8, 4) is 0 Å². The molecular formula is C30H35FN2O2. The Hall–Kier alpha value is -3.47. The highest BCUT2D eigenvalue weighted by Gasteiger charge is 2.31. The molecular weight excluding hydrogens is 439 g/mol. The van der Waals surface area contributed by atoms with Crippen LogP contribution in [0.3, 0.4) is 0 Å². The van der Waals surface area contributed by atoms with E-state index in [0.717, 1.165) is 28.7 Å². The molecule has 184 valence electrons. The molecule has 0 aliphatic heterocycles. The molecule has 3 aromatic rings. The van der Waals surface area contributed by atoms with Crippen molar-refractivity contribution in [3.05, 3.63) is 106 Å². The van der Waals surface area contributed by atoms with Crippen molar-refractivity contribution in [2.24, 2.45) is 0 Å². The van der Waals surface area contributed by atoms with E-state index >= 15 is 0 Å². The summed E-state index contributed by atoms with van der Waals surface area (Å²) in [4.78, 5) is 28.8. The SMILES string of the molecule is CCC(C)NC(=O)C(Cc1ccccc1)N(Cc1ccccc1F)C(=O)Cc1cc(C)cc(C)c1. The van der Waals surface area contributed by atoms with Crippen molar-refractivity contribution >= 4 is 11.8 Å². The quantitative estimate of drug-likeness (QED) is 0.419. The van der Waals surface area contributed by atoms with E-state index in [9.17, 15) is 14.0 Å². The number of carbonyl (C=O) groups excluding carboxylic acids is 2. The third-order valence-corrected chi connectivity index (χ3v) is 6.21. The molecule has 0 saturated heterocycles. The summed E-state index contributed by atoms with van der Waals surface area (Å²) < 4.78 is 14.7. The number of nitrogens with one attached hydrogen (secondary N) is 1. The average Bonchev–Trinajstić information content (AvgIpc) is 2.82. The van der Waals surface area contributed by atoms with E-state index in [1.165, 1.54) is 6.07 Å². The number of halogens is 1. The topological polar surface area (TPSA) is 49.4 Å². The van der Waals surface area contributed by atoms with Crippen LogP contribution in [0.25, 0.3) is 0 Å². The fourth-order valence-corrected chi connectivity index (χ4v) is 4.25. The Morgan fingerprint density at radius 1 is 0.914 bits per heavy atom. The number of aryl methyl sites for hydroxylation is 2. The van der Waals surface area contributed by atoms with Crippen LogP contribution in [-0.4, -0.2) is 28.8 Å². The molecule has 0 bridgehead atoms. The Balaban J connectivity index is 2.00. The zero-order valence-corrected chi connectivity index (χ0v) is 21.1. The molecule has 3 rings (SSSR count). The molecule has 0 aliphatic rings. The lowest BCUT2D eigenvalue weighted by atomic mass is 10.00. The van der Waals surface area contributed by atoms with E-state index in [-0.39, 0.29) is 30.8 Å². The molecule has 0 heterocycles. The number of hydrogen-bond acceptors (Lipinski definition) is 2. The Morgan fingerprint density at radius 3 is 2.17 bits per heavy atom. The van der Waals surface area contributed by atoms with Gasteiger partial charge in [-0.3, -0.25) is 9.59 Å². The predicted octanol–water partition coefficient (Wildman–Crippen LogP) is 5.54. The second-order valence-corrected chi connectivity index (χ2v) is 9.31. The van der Waals surface area contributed by atoms with Gasteiger partial charge in [-0.1, -0.05) is 84.8 Å². The van der Waals surface area contributed by atoms with Crippen LogP contribution in [0.4, 0.5) is 4.39 Å². The molecule has 2 amide bonds. The van der Waals surface area contributed by atoms with E-state index < -0.39 is 11.9 Å². The van der Waals surface area contributed by atoms with Gasteiger partial charge >= 0.3 is 0 Å². The molecule has 5 heteroatoms. The lowest BCUT2D eigenvalue weighted by molar-refractivity contribution is -0.141. The molecule has 0 spiro atoms. The summed E-state index contributed by atoms with van der Waals surface area (Å²) in [6.07, 6.45) is 1.25. The van der Waals surface area contributed by atoms with Crippen molar-refractivity contribution in [2.45, 2.75) is 65.6 Å². The van der Waals surface area contributed by atoms with Gasteiger partial charge in [0.05, 0.1) is 6.42 Å². The maximum Gasteiger partial charge on any atom is 0.243 e. The second-order valence-electron chi connectivity index (χ2n) is 9.31. The lowest BCUT2D eigenvalue weighted by Crippen LogP contribution is -2.52. The fraction of sp³-hybridized carbons (Fsp3) is 0.333. The van der Waals surface area contributed by atoms with Gasteiger partial charge in [0, 0.05) is 24.6 Å². The van der Waals surface area contributed by atoms with E-state index in [4.69, 9.17) is 0 Å². The summed E-state index contributed by atoms with van der Waals surface area (Å²) in [5, 5.41) is 3.04. The molecule has 1 N–H and O–H groups in total. The highest BCUT2D eigenvalue weighted by atomic mass is 19.1.